The monoisotopic (exact) mass is 237 g/mol. The predicted molar refractivity (Wildman–Crippen MR) is 68.4 cm³/mol. The van der Waals surface area contributed by atoms with E-state index in [-0.39, 0.29) is 11.3 Å². The van der Waals surface area contributed by atoms with Crippen molar-refractivity contribution in [2.24, 2.45) is 0 Å². The van der Waals surface area contributed by atoms with E-state index in [1.165, 1.54) is 12.3 Å². The van der Waals surface area contributed by atoms with Crippen LogP contribution in [0.2, 0.25) is 0 Å². The number of hydrogen-bond acceptors (Lipinski definition) is 4. The highest BCUT2D eigenvalue weighted by Gasteiger charge is 2.11. The van der Waals surface area contributed by atoms with E-state index in [0.717, 1.165) is 25.8 Å². The zero-order valence-electron chi connectivity index (χ0n) is 10.3. The minimum atomic E-state index is -1.02. The van der Waals surface area contributed by atoms with Crippen LogP contribution in [-0.2, 0) is 0 Å². The van der Waals surface area contributed by atoms with Crippen LogP contribution in [0, 0.1) is 0 Å². The van der Waals surface area contributed by atoms with Crippen molar-refractivity contribution >= 4 is 17.5 Å². The number of pyridine rings is 1. The van der Waals surface area contributed by atoms with Gasteiger partial charge in [-0.1, -0.05) is 19.8 Å². The Hall–Kier alpha value is -1.78. The van der Waals surface area contributed by atoms with Gasteiger partial charge in [0, 0.05) is 13.6 Å². The fourth-order valence-electron chi connectivity index (χ4n) is 1.56. The molecule has 5 nitrogen and oxygen atoms in total. The number of anilines is 2. The van der Waals surface area contributed by atoms with Crippen molar-refractivity contribution < 1.29 is 9.90 Å². The Morgan fingerprint density at radius 3 is 2.82 bits per heavy atom. The smallest absolute Gasteiger partial charge is 0.337 e. The Balaban J connectivity index is 2.77. The molecule has 0 saturated carbocycles. The van der Waals surface area contributed by atoms with Crippen molar-refractivity contribution in [3.8, 4) is 0 Å². The fraction of sp³-hybridized carbons (Fsp3) is 0.500. The van der Waals surface area contributed by atoms with Crippen molar-refractivity contribution in [3.05, 3.63) is 17.8 Å². The van der Waals surface area contributed by atoms with Gasteiger partial charge >= 0.3 is 5.97 Å². The first kappa shape index (κ1) is 13.3. The molecule has 0 aliphatic heterocycles. The molecule has 1 rings (SSSR count). The molecule has 0 radical (unpaired) electrons. The van der Waals surface area contributed by atoms with Crippen molar-refractivity contribution in [2.75, 3.05) is 24.2 Å². The third-order valence-electron chi connectivity index (χ3n) is 2.64. The maximum absolute atomic E-state index is 10.9. The largest absolute Gasteiger partial charge is 0.478 e. The zero-order valence-corrected chi connectivity index (χ0v) is 10.3. The van der Waals surface area contributed by atoms with Gasteiger partial charge in [0.1, 0.15) is 5.82 Å². The van der Waals surface area contributed by atoms with Crippen LogP contribution in [0.4, 0.5) is 11.5 Å². The molecule has 5 heteroatoms. The number of hydrogen-bond donors (Lipinski definition) is 2. The van der Waals surface area contributed by atoms with E-state index < -0.39 is 5.97 Å². The van der Waals surface area contributed by atoms with E-state index in [2.05, 4.69) is 11.9 Å². The second-order valence-electron chi connectivity index (χ2n) is 4.06. The molecule has 0 aliphatic rings. The van der Waals surface area contributed by atoms with Crippen LogP contribution in [0.3, 0.4) is 0 Å². The highest BCUT2D eigenvalue weighted by Crippen LogP contribution is 2.17. The number of rotatable bonds is 6. The molecule has 0 bridgehead atoms. The Kier molecular flexibility index (Phi) is 4.75. The summed E-state index contributed by atoms with van der Waals surface area (Å²) in [5, 5.41) is 8.96. The quantitative estimate of drug-likeness (QED) is 0.740. The molecule has 0 aromatic carbocycles. The molecule has 0 unspecified atom stereocenters. The Morgan fingerprint density at radius 1 is 1.53 bits per heavy atom. The number of nitrogens with two attached hydrogens (primary N) is 1. The number of aromatic nitrogens is 1. The molecule has 0 amide bonds. The highest BCUT2D eigenvalue weighted by molar-refractivity contribution is 5.94. The topological polar surface area (TPSA) is 79.5 Å². The molecule has 1 aromatic rings. The van der Waals surface area contributed by atoms with E-state index in [4.69, 9.17) is 10.8 Å². The second-order valence-corrected chi connectivity index (χ2v) is 4.06. The lowest BCUT2D eigenvalue weighted by Gasteiger charge is -2.18. The average molecular weight is 237 g/mol. The molecule has 0 fully saturated rings. The van der Waals surface area contributed by atoms with Gasteiger partial charge in [0.15, 0.2) is 0 Å². The van der Waals surface area contributed by atoms with Gasteiger partial charge in [-0.05, 0) is 12.5 Å². The molecule has 17 heavy (non-hydrogen) atoms. The van der Waals surface area contributed by atoms with Gasteiger partial charge < -0.3 is 15.7 Å². The number of carboxylic acids is 1. The van der Waals surface area contributed by atoms with Crippen LogP contribution >= 0.6 is 0 Å². The maximum Gasteiger partial charge on any atom is 0.337 e. The molecular formula is C12H19N3O2. The molecule has 1 heterocycles. The SMILES string of the molecule is CCCCCN(C)c1cc(C(=O)O)c(N)cn1. The van der Waals surface area contributed by atoms with Crippen LogP contribution in [0.25, 0.3) is 0 Å². The fourth-order valence-corrected chi connectivity index (χ4v) is 1.56. The van der Waals surface area contributed by atoms with Crippen molar-refractivity contribution in [3.63, 3.8) is 0 Å². The first-order valence-electron chi connectivity index (χ1n) is 5.76. The number of nitrogen functional groups attached to an aromatic ring is 1. The molecule has 0 spiro atoms. The lowest BCUT2D eigenvalue weighted by Crippen LogP contribution is -2.20. The molecule has 0 aliphatic carbocycles. The summed E-state index contributed by atoms with van der Waals surface area (Å²) in [7, 11) is 1.90. The summed E-state index contributed by atoms with van der Waals surface area (Å²) in [6.45, 7) is 3.01. The Labute approximate surface area is 101 Å². The Bertz CT molecular complexity index is 393. The summed E-state index contributed by atoms with van der Waals surface area (Å²) < 4.78 is 0. The highest BCUT2D eigenvalue weighted by atomic mass is 16.4. The minimum absolute atomic E-state index is 0.109. The van der Waals surface area contributed by atoms with Crippen molar-refractivity contribution in [2.45, 2.75) is 26.2 Å². The van der Waals surface area contributed by atoms with Crippen LogP contribution in [0.1, 0.15) is 36.5 Å². The van der Waals surface area contributed by atoms with Crippen LogP contribution in [0.15, 0.2) is 12.3 Å². The summed E-state index contributed by atoms with van der Waals surface area (Å²) in [6, 6.07) is 1.52. The molecular weight excluding hydrogens is 218 g/mol. The van der Waals surface area contributed by atoms with E-state index in [0.29, 0.717) is 5.82 Å². The predicted octanol–water partition coefficient (Wildman–Crippen LogP) is 1.99. The van der Waals surface area contributed by atoms with Crippen LogP contribution < -0.4 is 10.6 Å². The van der Waals surface area contributed by atoms with Gasteiger partial charge in [-0.25, -0.2) is 9.78 Å². The average Bonchev–Trinajstić information content (AvgIpc) is 2.29. The first-order valence-corrected chi connectivity index (χ1v) is 5.76. The van der Waals surface area contributed by atoms with Gasteiger partial charge in [-0.2, -0.15) is 0 Å². The van der Waals surface area contributed by atoms with Crippen molar-refractivity contribution in [1.29, 1.82) is 0 Å². The lowest BCUT2D eigenvalue weighted by atomic mass is 10.2. The first-order chi connectivity index (χ1) is 8.06. The van der Waals surface area contributed by atoms with Gasteiger partial charge in [0.25, 0.3) is 0 Å². The van der Waals surface area contributed by atoms with E-state index in [1.54, 1.807) is 0 Å². The van der Waals surface area contributed by atoms with E-state index >= 15 is 0 Å². The molecule has 1 aromatic heterocycles. The van der Waals surface area contributed by atoms with Gasteiger partial charge in [0.05, 0.1) is 17.4 Å². The number of aromatic carboxylic acids is 1. The minimum Gasteiger partial charge on any atom is -0.478 e. The van der Waals surface area contributed by atoms with Gasteiger partial charge in [-0.15, -0.1) is 0 Å². The van der Waals surface area contributed by atoms with E-state index in [1.807, 2.05) is 11.9 Å². The summed E-state index contributed by atoms with van der Waals surface area (Å²) >= 11 is 0. The number of carbonyl (C=O) groups is 1. The zero-order chi connectivity index (χ0) is 12.8. The van der Waals surface area contributed by atoms with Crippen molar-refractivity contribution in [1.82, 2.24) is 4.98 Å². The van der Waals surface area contributed by atoms with Gasteiger partial charge in [-0.3, -0.25) is 0 Å². The maximum atomic E-state index is 10.9. The summed E-state index contributed by atoms with van der Waals surface area (Å²) in [4.78, 5) is 17.0. The third kappa shape index (κ3) is 3.62. The lowest BCUT2D eigenvalue weighted by molar-refractivity contribution is 0.0698. The van der Waals surface area contributed by atoms with Crippen LogP contribution in [0.5, 0.6) is 0 Å². The number of unbranched alkanes of at least 4 members (excludes halogenated alkanes) is 2. The van der Waals surface area contributed by atoms with Gasteiger partial charge in [0.2, 0.25) is 0 Å². The van der Waals surface area contributed by atoms with Crippen LogP contribution in [-0.4, -0.2) is 29.7 Å². The summed E-state index contributed by atoms with van der Waals surface area (Å²) in [5.41, 5.74) is 5.86. The number of carboxylic acid groups (broad SMARTS) is 1. The normalized spacial score (nSPS) is 10.2. The number of nitrogens with zero attached hydrogens (tertiary/aromatic N) is 2. The standard InChI is InChI=1S/C12H19N3O2/c1-3-4-5-6-15(2)11-7-9(12(16)17)10(13)8-14-11/h7-8H,3-6,13H2,1-2H3,(H,16,17). The molecule has 0 atom stereocenters. The second kappa shape index (κ2) is 6.08. The molecule has 0 saturated heterocycles. The summed E-state index contributed by atoms with van der Waals surface area (Å²) in [5.74, 6) is -0.374. The Morgan fingerprint density at radius 2 is 2.24 bits per heavy atom. The molecule has 94 valence electrons. The third-order valence-corrected chi connectivity index (χ3v) is 2.64. The molecule has 3 N–H and O–H groups in total. The summed E-state index contributed by atoms with van der Waals surface area (Å²) in [6.07, 6.45) is 4.78. The van der Waals surface area contributed by atoms with E-state index in [9.17, 15) is 4.79 Å².